The Bertz CT molecular complexity index is 3280. The predicted octanol–water partition coefficient (Wildman–Crippen LogP) is 14.8. The molecule has 0 bridgehead atoms. The number of benzene rings is 8. The predicted molar refractivity (Wildman–Crippen MR) is 238 cm³/mol. The fraction of sp³-hybridized carbons (Fsp3) is 0.111. The van der Waals surface area contributed by atoms with Crippen molar-refractivity contribution in [3.8, 4) is 27.9 Å². The summed E-state index contributed by atoms with van der Waals surface area (Å²) in [6, 6.07) is 62.5. The molecule has 57 heavy (non-hydrogen) atoms. The van der Waals surface area contributed by atoms with Gasteiger partial charge in [0.1, 0.15) is 11.2 Å². The topological polar surface area (TPSA) is 21.3 Å². The smallest absolute Gasteiger partial charge is 0.136 e. The molecule has 3 heterocycles. The van der Waals surface area contributed by atoms with E-state index in [0.29, 0.717) is 0 Å². The van der Waals surface area contributed by atoms with E-state index in [0.717, 1.165) is 33.6 Å². The van der Waals surface area contributed by atoms with Gasteiger partial charge in [-0.3, -0.25) is 0 Å². The lowest BCUT2D eigenvalue weighted by Crippen LogP contribution is -2.26. The molecule has 12 rings (SSSR count). The molecule has 0 N–H and O–H groups in total. The minimum absolute atomic E-state index is 0.0977. The van der Waals surface area contributed by atoms with E-state index in [1.807, 2.05) is 0 Å². The molecule has 3 nitrogen and oxygen atoms in total. The van der Waals surface area contributed by atoms with Crippen LogP contribution >= 0.6 is 0 Å². The van der Waals surface area contributed by atoms with Gasteiger partial charge >= 0.3 is 0 Å². The Morgan fingerprint density at radius 2 is 1.09 bits per heavy atom. The number of anilines is 3. The van der Waals surface area contributed by atoms with Gasteiger partial charge in [0.25, 0.3) is 0 Å². The largest absolute Gasteiger partial charge is 0.456 e. The minimum Gasteiger partial charge on any atom is -0.456 e. The molecule has 1 aliphatic carbocycles. The fourth-order valence-electron chi connectivity index (χ4n) is 10.4. The van der Waals surface area contributed by atoms with Gasteiger partial charge in [0.2, 0.25) is 0 Å². The van der Waals surface area contributed by atoms with Crippen molar-refractivity contribution in [1.82, 2.24) is 4.57 Å². The number of aromatic nitrogens is 1. The number of furan rings is 1. The minimum atomic E-state index is -0.117. The van der Waals surface area contributed by atoms with Crippen LogP contribution in [0.2, 0.25) is 0 Å². The highest BCUT2D eigenvalue weighted by Crippen LogP contribution is 2.54. The first-order chi connectivity index (χ1) is 27.8. The molecule has 3 heteroatoms. The van der Waals surface area contributed by atoms with Gasteiger partial charge in [-0.1, -0.05) is 137 Å². The van der Waals surface area contributed by atoms with Crippen molar-refractivity contribution in [3.63, 3.8) is 0 Å². The van der Waals surface area contributed by atoms with Gasteiger partial charge in [0.15, 0.2) is 0 Å². The zero-order valence-electron chi connectivity index (χ0n) is 32.5. The first-order valence-corrected chi connectivity index (χ1v) is 20.0. The van der Waals surface area contributed by atoms with E-state index in [1.54, 1.807) is 0 Å². The maximum absolute atomic E-state index is 6.63. The molecule has 8 aromatic carbocycles. The van der Waals surface area contributed by atoms with E-state index < -0.39 is 0 Å². The lowest BCUT2D eigenvalue weighted by atomic mass is 9.75. The van der Waals surface area contributed by atoms with Crippen molar-refractivity contribution in [2.24, 2.45) is 0 Å². The number of para-hydroxylation sites is 2. The molecule has 2 aromatic heterocycles. The van der Waals surface area contributed by atoms with Crippen molar-refractivity contribution in [2.75, 3.05) is 4.90 Å². The molecule has 0 unspecified atom stereocenters. The Kier molecular flexibility index (Phi) is 6.46. The van der Waals surface area contributed by atoms with Gasteiger partial charge < -0.3 is 13.9 Å². The fourth-order valence-corrected chi connectivity index (χ4v) is 10.4. The molecule has 0 fully saturated rings. The molecular formula is C54H40N2O. The molecule has 0 atom stereocenters. The quantitative estimate of drug-likeness (QED) is 0.180. The SMILES string of the molecule is CC1(C)c2ccccc2-c2c1ccc1oc3ccc(N(c4ccc(-c5ccccc5)cc4)c4ccc5c(c4)c4cccc6c4n5-c4ccccc4C6(C)C)cc3c21. The van der Waals surface area contributed by atoms with E-state index in [1.165, 1.54) is 77.4 Å². The average Bonchev–Trinajstić information content (AvgIpc) is 3.86. The standard InChI is InChI=1S/C54H40N2O/c1-53(2)42-17-9-8-15-39(42)50-44(53)27-30-49-51(50)41-32-37(26-29-48(41)57-49)55(35-23-21-34(22-24-35)33-13-6-5-7-14-33)36-25-28-46-40(31-36)38-16-12-19-45-52(38)56(46)47-20-11-10-18-43(47)54(45,3)4/h5-32H,1-4H3. The third kappa shape index (κ3) is 4.37. The van der Waals surface area contributed by atoms with Gasteiger partial charge in [-0.05, 0) is 105 Å². The molecule has 0 saturated carbocycles. The second-order valence-corrected chi connectivity index (χ2v) is 16.9. The van der Waals surface area contributed by atoms with Gasteiger partial charge in [0, 0.05) is 49.4 Å². The number of hydrogen-bond donors (Lipinski definition) is 0. The summed E-state index contributed by atoms with van der Waals surface area (Å²) in [5.74, 6) is 0. The molecule has 1 aliphatic heterocycles. The van der Waals surface area contributed by atoms with Crippen LogP contribution in [0.25, 0.3) is 71.7 Å². The maximum Gasteiger partial charge on any atom is 0.136 e. The summed E-state index contributed by atoms with van der Waals surface area (Å²) in [6.45, 7) is 9.40. The second kappa shape index (κ2) is 11.4. The molecule has 0 spiro atoms. The highest BCUT2D eigenvalue weighted by Gasteiger charge is 2.38. The highest BCUT2D eigenvalue weighted by molar-refractivity contribution is 6.16. The summed E-state index contributed by atoms with van der Waals surface area (Å²) in [4.78, 5) is 2.41. The number of nitrogens with zero attached hydrogens (tertiary/aromatic N) is 2. The van der Waals surface area contributed by atoms with Crippen molar-refractivity contribution in [1.29, 1.82) is 0 Å². The Labute approximate surface area is 332 Å². The summed E-state index contributed by atoms with van der Waals surface area (Å²) in [5, 5.41) is 4.84. The lowest BCUT2D eigenvalue weighted by Gasteiger charge is -2.34. The number of rotatable bonds is 4. The van der Waals surface area contributed by atoms with Crippen LogP contribution in [0, 0.1) is 0 Å². The van der Waals surface area contributed by atoms with Gasteiger partial charge in [0.05, 0.1) is 16.7 Å². The van der Waals surface area contributed by atoms with Crippen LogP contribution in [0.5, 0.6) is 0 Å². The summed E-state index contributed by atoms with van der Waals surface area (Å²) < 4.78 is 9.13. The van der Waals surface area contributed by atoms with E-state index >= 15 is 0 Å². The van der Waals surface area contributed by atoms with E-state index in [2.05, 4.69) is 207 Å². The first-order valence-electron chi connectivity index (χ1n) is 20.0. The molecule has 0 amide bonds. The molecule has 0 radical (unpaired) electrons. The van der Waals surface area contributed by atoms with E-state index in [9.17, 15) is 0 Å². The van der Waals surface area contributed by atoms with Gasteiger partial charge in [-0.15, -0.1) is 0 Å². The summed E-state index contributed by atoms with van der Waals surface area (Å²) in [5.41, 5.74) is 19.1. The summed E-state index contributed by atoms with van der Waals surface area (Å²) in [7, 11) is 0. The van der Waals surface area contributed by atoms with Crippen molar-refractivity contribution < 1.29 is 4.42 Å². The molecule has 10 aromatic rings. The van der Waals surface area contributed by atoms with Crippen molar-refractivity contribution in [2.45, 2.75) is 38.5 Å². The third-order valence-electron chi connectivity index (χ3n) is 13.2. The average molecular weight is 733 g/mol. The van der Waals surface area contributed by atoms with Crippen LogP contribution in [0.15, 0.2) is 174 Å². The monoisotopic (exact) mass is 732 g/mol. The molecular weight excluding hydrogens is 693 g/mol. The summed E-state index contributed by atoms with van der Waals surface area (Å²) >= 11 is 0. The van der Waals surface area contributed by atoms with Crippen LogP contribution in [0.1, 0.15) is 49.9 Å². The Morgan fingerprint density at radius 3 is 1.91 bits per heavy atom. The second-order valence-electron chi connectivity index (χ2n) is 16.9. The van der Waals surface area contributed by atoms with Crippen LogP contribution in [-0.2, 0) is 10.8 Å². The van der Waals surface area contributed by atoms with Crippen LogP contribution in [-0.4, -0.2) is 4.57 Å². The number of fused-ring (bicyclic) bond motifs is 12. The Morgan fingerprint density at radius 1 is 0.456 bits per heavy atom. The summed E-state index contributed by atoms with van der Waals surface area (Å²) in [6.07, 6.45) is 0. The van der Waals surface area contributed by atoms with Crippen molar-refractivity contribution >= 4 is 60.8 Å². The molecule has 0 saturated heterocycles. The highest BCUT2D eigenvalue weighted by atomic mass is 16.3. The zero-order valence-corrected chi connectivity index (χ0v) is 32.5. The van der Waals surface area contributed by atoms with Gasteiger partial charge in [-0.25, -0.2) is 0 Å². The van der Waals surface area contributed by atoms with E-state index in [-0.39, 0.29) is 10.8 Å². The van der Waals surface area contributed by atoms with Gasteiger partial charge in [-0.2, -0.15) is 0 Å². The normalized spacial score (nSPS) is 14.6. The molecule has 272 valence electrons. The van der Waals surface area contributed by atoms with Crippen LogP contribution in [0.3, 0.4) is 0 Å². The maximum atomic E-state index is 6.63. The first kappa shape index (κ1) is 32.4. The number of hydrogen-bond acceptors (Lipinski definition) is 2. The third-order valence-corrected chi connectivity index (χ3v) is 13.2. The van der Waals surface area contributed by atoms with E-state index in [4.69, 9.17) is 4.42 Å². The lowest BCUT2D eigenvalue weighted by molar-refractivity contribution is 0.630. The van der Waals surface area contributed by atoms with Crippen molar-refractivity contribution in [3.05, 3.63) is 192 Å². The zero-order chi connectivity index (χ0) is 38.2. The Hall–Kier alpha value is -6.84. The Balaban J connectivity index is 1.11. The van der Waals surface area contributed by atoms with Crippen LogP contribution in [0.4, 0.5) is 17.1 Å². The molecule has 2 aliphatic rings. The van der Waals surface area contributed by atoms with Crippen LogP contribution < -0.4 is 4.90 Å².